The summed E-state index contributed by atoms with van der Waals surface area (Å²) in [6, 6.07) is 11.1. The molecule has 0 aliphatic heterocycles. The molecule has 0 radical (unpaired) electrons. The zero-order chi connectivity index (χ0) is 12.6. The predicted molar refractivity (Wildman–Crippen MR) is 71.1 cm³/mol. The second kappa shape index (κ2) is 4.39. The number of carbonyl (C=O) groups is 1. The number of nitrogens with two attached hydrogens (primary N) is 1. The first-order valence-corrected chi connectivity index (χ1v) is 6.79. The Hall–Kier alpha value is -1.35. The first-order valence-electron chi connectivity index (χ1n) is 6.79. The summed E-state index contributed by atoms with van der Waals surface area (Å²) in [5.41, 5.74) is 6.66. The number of nitrogens with one attached hydrogen (secondary N) is 1. The summed E-state index contributed by atoms with van der Waals surface area (Å²) in [4.78, 5) is 11.5. The van der Waals surface area contributed by atoms with Gasteiger partial charge < -0.3 is 11.1 Å². The number of benzene rings is 1. The molecular weight excluding hydrogens is 224 g/mol. The van der Waals surface area contributed by atoms with Crippen molar-refractivity contribution in [3.63, 3.8) is 0 Å². The Balaban J connectivity index is 1.53. The van der Waals surface area contributed by atoms with Gasteiger partial charge in [0.2, 0.25) is 5.91 Å². The van der Waals surface area contributed by atoms with E-state index in [9.17, 15) is 4.79 Å². The number of carbonyl (C=O) groups excluding carboxylic acids is 1. The smallest absolute Gasteiger partial charge is 0.224 e. The molecule has 18 heavy (non-hydrogen) atoms. The van der Waals surface area contributed by atoms with Gasteiger partial charge in [-0.05, 0) is 24.8 Å². The van der Waals surface area contributed by atoms with Crippen molar-refractivity contribution in [2.24, 2.45) is 11.1 Å². The molecular formula is C15H20N2O. The molecule has 0 bridgehead atoms. The average Bonchev–Trinajstić information content (AvgIpc) is 3.08. The number of primary amides is 1. The molecule has 2 aliphatic rings. The maximum atomic E-state index is 11.5. The Morgan fingerprint density at radius 1 is 1.33 bits per heavy atom. The molecule has 2 atom stereocenters. The quantitative estimate of drug-likeness (QED) is 0.829. The van der Waals surface area contributed by atoms with Crippen LogP contribution in [0.1, 0.15) is 37.2 Å². The highest BCUT2D eigenvalue weighted by molar-refractivity contribution is 5.82. The Bertz CT molecular complexity index is 439. The third-order valence-corrected chi connectivity index (χ3v) is 4.55. The van der Waals surface area contributed by atoms with Crippen molar-refractivity contribution in [1.82, 2.24) is 5.32 Å². The number of hydrogen-bond acceptors (Lipinski definition) is 2. The summed E-state index contributed by atoms with van der Waals surface area (Å²) in [5.74, 6) is 0.495. The van der Waals surface area contributed by atoms with Crippen molar-refractivity contribution in [2.45, 2.75) is 37.6 Å². The third-order valence-electron chi connectivity index (χ3n) is 4.55. The molecule has 1 aromatic carbocycles. The van der Waals surface area contributed by atoms with E-state index >= 15 is 0 Å². The Morgan fingerprint density at radius 3 is 2.61 bits per heavy atom. The van der Waals surface area contributed by atoms with Gasteiger partial charge in [0, 0.05) is 18.5 Å². The monoisotopic (exact) mass is 244 g/mol. The highest BCUT2D eigenvalue weighted by Crippen LogP contribution is 2.44. The Kier molecular flexibility index (Phi) is 2.86. The fraction of sp³-hybridized carbons (Fsp3) is 0.533. The van der Waals surface area contributed by atoms with Gasteiger partial charge >= 0.3 is 0 Å². The highest BCUT2D eigenvalue weighted by Gasteiger charge is 2.45. The third kappa shape index (κ3) is 2.03. The lowest BCUT2D eigenvalue weighted by molar-refractivity contribution is -0.132. The molecule has 0 heterocycles. The minimum atomic E-state index is -0.246. The van der Waals surface area contributed by atoms with E-state index in [1.807, 2.05) is 6.07 Å². The van der Waals surface area contributed by atoms with Crippen molar-refractivity contribution >= 4 is 5.91 Å². The van der Waals surface area contributed by atoms with Gasteiger partial charge in [-0.1, -0.05) is 36.8 Å². The fourth-order valence-electron chi connectivity index (χ4n) is 2.93. The van der Waals surface area contributed by atoms with E-state index in [1.165, 1.54) is 12.0 Å². The minimum absolute atomic E-state index is 0.127. The van der Waals surface area contributed by atoms with Crippen LogP contribution in [0, 0.1) is 5.41 Å². The van der Waals surface area contributed by atoms with Crippen LogP contribution >= 0.6 is 0 Å². The van der Waals surface area contributed by atoms with Gasteiger partial charge in [-0.15, -0.1) is 0 Å². The SMILES string of the molecule is NC(=O)C1(CNC2C[C@@H]2c2ccccc2)CCC1. The lowest BCUT2D eigenvalue weighted by atomic mass is 9.68. The van der Waals surface area contributed by atoms with Crippen LogP contribution in [0.3, 0.4) is 0 Å². The van der Waals surface area contributed by atoms with E-state index in [0.717, 1.165) is 25.8 Å². The zero-order valence-corrected chi connectivity index (χ0v) is 10.6. The van der Waals surface area contributed by atoms with Crippen molar-refractivity contribution in [2.75, 3.05) is 6.54 Å². The summed E-state index contributed by atoms with van der Waals surface area (Å²) in [7, 11) is 0. The second-order valence-electron chi connectivity index (χ2n) is 5.74. The van der Waals surface area contributed by atoms with Crippen LogP contribution in [-0.4, -0.2) is 18.5 Å². The van der Waals surface area contributed by atoms with Gasteiger partial charge in [-0.3, -0.25) is 4.79 Å². The topological polar surface area (TPSA) is 55.1 Å². The van der Waals surface area contributed by atoms with Crippen LogP contribution in [0.25, 0.3) is 0 Å². The molecule has 3 heteroatoms. The molecule has 2 fully saturated rings. The first-order chi connectivity index (χ1) is 8.71. The van der Waals surface area contributed by atoms with Gasteiger partial charge in [-0.2, -0.15) is 0 Å². The van der Waals surface area contributed by atoms with E-state index in [0.29, 0.717) is 12.0 Å². The molecule has 2 saturated carbocycles. The van der Waals surface area contributed by atoms with Crippen molar-refractivity contribution in [1.29, 1.82) is 0 Å². The van der Waals surface area contributed by atoms with Crippen molar-refractivity contribution < 1.29 is 4.79 Å². The van der Waals surface area contributed by atoms with Gasteiger partial charge in [0.25, 0.3) is 0 Å². The lowest BCUT2D eigenvalue weighted by Gasteiger charge is -2.39. The molecule has 1 unspecified atom stereocenters. The minimum Gasteiger partial charge on any atom is -0.369 e. The zero-order valence-electron chi connectivity index (χ0n) is 10.6. The Labute approximate surface area is 108 Å². The number of rotatable bonds is 5. The van der Waals surface area contributed by atoms with Crippen LogP contribution < -0.4 is 11.1 Å². The van der Waals surface area contributed by atoms with Crippen LogP contribution in [0.15, 0.2) is 30.3 Å². The standard InChI is InChI=1S/C15H20N2O/c16-14(18)15(7-4-8-15)10-17-13-9-12(13)11-5-2-1-3-6-11/h1-3,5-6,12-13,17H,4,7-10H2,(H2,16,18)/t12-,13?/m1/s1. The summed E-state index contributed by atoms with van der Waals surface area (Å²) in [5, 5.41) is 3.53. The number of amides is 1. The Morgan fingerprint density at radius 2 is 2.06 bits per heavy atom. The van der Waals surface area contributed by atoms with Crippen LogP contribution in [0.4, 0.5) is 0 Å². The highest BCUT2D eigenvalue weighted by atomic mass is 16.1. The van der Waals surface area contributed by atoms with Gasteiger partial charge in [0.15, 0.2) is 0 Å². The molecule has 2 aliphatic carbocycles. The number of hydrogen-bond donors (Lipinski definition) is 2. The van der Waals surface area contributed by atoms with Gasteiger partial charge in [-0.25, -0.2) is 0 Å². The maximum absolute atomic E-state index is 11.5. The molecule has 0 spiro atoms. The largest absolute Gasteiger partial charge is 0.369 e. The summed E-state index contributed by atoms with van der Waals surface area (Å²) in [6.45, 7) is 0.760. The maximum Gasteiger partial charge on any atom is 0.224 e. The molecule has 0 aromatic heterocycles. The van der Waals surface area contributed by atoms with Crippen LogP contribution in [0.5, 0.6) is 0 Å². The molecule has 3 rings (SSSR count). The lowest BCUT2D eigenvalue weighted by Crippen LogP contribution is -2.50. The predicted octanol–water partition coefficient (Wildman–Crippen LogP) is 1.79. The van der Waals surface area contributed by atoms with Crippen molar-refractivity contribution in [3.8, 4) is 0 Å². The van der Waals surface area contributed by atoms with E-state index in [1.54, 1.807) is 0 Å². The molecule has 1 aromatic rings. The molecule has 3 N–H and O–H groups in total. The molecule has 0 saturated heterocycles. The summed E-state index contributed by atoms with van der Waals surface area (Å²) >= 11 is 0. The van der Waals surface area contributed by atoms with E-state index < -0.39 is 0 Å². The van der Waals surface area contributed by atoms with Crippen molar-refractivity contribution in [3.05, 3.63) is 35.9 Å². The van der Waals surface area contributed by atoms with Gasteiger partial charge in [0.05, 0.1) is 5.41 Å². The average molecular weight is 244 g/mol. The molecule has 96 valence electrons. The van der Waals surface area contributed by atoms with Gasteiger partial charge in [0.1, 0.15) is 0 Å². The second-order valence-corrected chi connectivity index (χ2v) is 5.74. The van der Waals surface area contributed by atoms with Crippen LogP contribution in [-0.2, 0) is 4.79 Å². The first kappa shape index (κ1) is 11.7. The van der Waals surface area contributed by atoms with E-state index in [-0.39, 0.29) is 11.3 Å². The fourth-order valence-corrected chi connectivity index (χ4v) is 2.93. The summed E-state index contributed by atoms with van der Waals surface area (Å²) < 4.78 is 0. The normalized spacial score (nSPS) is 28.4. The van der Waals surface area contributed by atoms with E-state index in [2.05, 4.69) is 29.6 Å². The van der Waals surface area contributed by atoms with E-state index in [4.69, 9.17) is 5.73 Å². The van der Waals surface area contributed by atoms with Crippen LogP contribution in [0.2, 0.25) is 0 Å². The molecule has 1 amide bonds. The summed E-state index contributed by atoms with van der Waals surface area (Å²) in [6.07, 6.45) is 4.23. The molecule has 3 nitrogen and oxygen atoms in total.